The van der Waals surface area contributed by atoms with Crippen molar-refractivity contribution in [2.75, 3.05) is 52.6 Å². The Kier molecular flexibility index (Phi) is 6.36. The highest BCUT2D eigenvalue weighted by atomic mass is 16.5. The molecule has 2 aliphatic rings. The summed E-state index contributed by atoms with van der Waals surface area (Å²) >= 11 is 0. The number of nitrogens with zero attached hydrogens (tertiary/aromatic N) is 4. The average Bonchev–Trinajstić information content (AvgIpc) is 3.44. The number of ether oxygens (including phenoxy) is 2. The molecule has 1 unspecified atom stereocenters. The standard InChI is InChI=1S/C21H28N4O3/c26-21(18-7-13-28-17-18)24(10-9-23-11-14-27-15-12-23)16-20-6-8-22-25(20)19-4-2-1-3-5-19/h1-6,8,18H,7,9-17H2. The molecule has 1 aromatic carbocycles. The predicted octanol–water partition coefficient (Wildman–Crippen LogP) is 1.57. The van der Waals surface area contributed by atoms with Crippen LogP contribution in [0.15, 0.2) is 42.6 Å². The highest BCUT2D eigenvalue weighted by Crippen LogP contribution is 2.19. The lowest BCUT2D eigenvalue weighted by Gasteiger charge is -2.31. The summed E-state index contributed by atoms with van der Waals surface area (Å²) in [7, 11) is 0. The van der Waals surface area contributed by atoms with Crippen molar-refractivity contribution in [1.82, 2.24) is 19.6 Å². The van der Waals surface area contributed by atoms with E-state index in [4.69, 9.17) is 9.47 Å². The Morgan fingerprint density at radius 1 is 1.11 bits per heavy atom. The van der Waals surface area contributed by atoms with Crippen LogP contribution in [0.3, 0.4) is 0 Å². The van der Waals surface area contributed by atoms with Crippen molar-refractivity contribution < 1.29 is 14.3 Å². The molecule has 4 rings (SSSR count). The summed E-state index contributed by atoms with van der Waals surface area (Å²) in [6.07, 6.45) is 2.61. The summed E-state index contributed by atoms with van der Waals surface area (Å²) in [5, 5.41) is 4.47. The predicted molar refractivity (Wildman–Crippen MR) is 105 cm³/mol. The van der Waals surface area contributed by atoms with Gasteiger partial charge < -0.3 is 14.4 Å². The largest absolute Gasteiger partial charge is 0.381 e. The van der Waals surface area contributed by atoms with Gasteiger partial charge in [-0.15, -0.1) is 0 Å². The smallest absolute Gasteiger partial charge is 0.228 e. The van der Waals surface area contributed by atoms with Crippen molar-refractivity contribution in [3.8, 4) is 5.69 Å². The van der Waals surface area contributed by atoms with E-state index >= 15 is 0 Å². The Morgan fingerprint density at radius 2 is 1.93 bits per heavy atom. The summed E-state index contributed by atoms with van der Waals surface area (Å²) < 4.78 is 12.8. The third-order valence-corrected chi connectivity index (χ3v) is 5.46. The third kappa shape index (κ3) is 4.60. The second-order valence-corrected chi connectivity index (χ2v) is 7.34. The minimum Gasteiger partial charge on any atom is -0.381 e. The van der Waals surface area contributed by atoms with Crippen LogP contribution >= 0.6 is 0 Å². The molecule has 1 atom stereocenters. The number of benzene rings is 1. The molecule has 2 aromatic rings. The quantitative estimate of drug-likeness (QED) is 0.725. The summed E-state index contributed by atoms with van der Waals surface area (Å²) in [5.41, 5.74) is 2.02. The zero-order valence-corrected chi connectivity index (χ0v) is 16.2. The zero-order chi connectivity index (χ0) is 19.2. The molecule has 0 radical (unpaired) electrons. The van der Waals surface area contributed by atoms with Gasteiger partial charge in [0.05, 0.1) is 43.7 Å². The van der Waals surface area contributed by atoms with Gasteiger partial charge in [0.1, 0.15) is 0 Å². The molecule has 0 aliphatic carbocycles. The molecule has 28 heavy (non-hydrogen) atoms. The lowest BCUT2D eigenvalue weighted by molar-refractivity contribution is -0.136. The molecule has 0 N–H and O–H groups in total. The topological polar surface area (TPSA) is 59.8 Å². The number of morpholine rings is 1. The van der Waals surface area contributed by atoms with Crippen molar-refractivity contribution in [2.45, 2.75) is 13.0 Å². The Labute approximate surface area is 165 Å². The van der Waals surface area contributed by atoms with E-state index in [1.165, 1.54) is 0 Å². The van der Waals surface area contributed by atoms with Crippen LogP contribution in [0.4, 0.5) is 0 Å². The molecule has 7 heteroatoms. The highest BCUT2D eigenvalue weighted by molar-refractivity contribution is 5.79. The molecule has 150 valence electrons. The van der Waals surface area contributed by atoms with Gasteiger partial charge >= 0.3 is 0 Å². The fourth-order valence-corrected chi connectivity index (χ4v) is 3.79. The van der Waals surface area contributed by atoms with E-state index in [0.29, 0.717) is 26.3 Å². The average molecular weight is 384 g/mol. The van der Waals surface area contributed by atoms with Crippen LogP contribution in [0.5, 0.6) is 0 Å². The normalized spacial score (nSPS) is 20.4. The van der Waals surface area contributed by atoms with Crippen molar-refractivity contribution in [2.24, 2.45) is 5.92 Å². The van der Waals surface area contributed by atoms with Crippen LogP contribution in [0.25, 0.3) is 5.69 Å². The highest BCUT2D eigenvalue weighted by Gasteiger charge is 2.29. The minimum absolute atomic E-state index is 0.0298. The molecular formula is C21H28N4O3. The summed E-state index contributed by atoms with van der Waals surface area (Å²) in [5.74, 6) is 0.157. The molecular weight excluding hydrogens is 356 g/mol. The minimum atomic E-state index is -0.0298. The maximum Gasteiger partial charge on any atom is 0.228 e. The maximum absolute atomic E-state index is 13.2. The summed E-state index contributed by atoms with van der Waals surface area (Å²) in [6.45, 7) is 6.72. The fourth-order valence-electron chi connectivity index (χ4n) is 3.79. The van der Waals surface area contributed by atoms with Crippen LogP contribution in [0.1, 0.15) is 12.1 Å². The molecule has 0 bridgehead atoms. The van der Waals surface area contributed by atoms with Gasteiger partial charge in [-0.25, -0.2) is 4.68 Å². The Hall–Kier alpha value is -2.22. The Bertz CT molecular complexity index is 752. The second-order valence-electron chi connectivity index (χ2n) is 7.34. The molecule has 2 aliphatic heterocycles. The molecule has 7 nitrogen and oxygen atoms in total. The van der Waals surface area contributed by atoms with Gasteiger partial charge in [-0.1, -0.05) is 18.2 Å². The van der Waals surface area contributed by atoms with Crippen LogP contribution in [0, 0.1) is 5.92 Å². The van der Waals surface area contributed by atoms with Crippen molar-refractivity contribution in [3.05, 3.63) is 48.3 Å². The lowest BCUT2D eigenvalue weighted by Crippen LogP contribution is -2.44. The number of carbonyl (C=O) groups excluding carboxylic acids is 1. The van der Waals surface area contributed by atoms with Gasteiger partial charge in [-0.3, -0.25) is 9.69 Å². The van der Waals surface area contributed by atoms with Crippen molar-refractivity contribution >= 4 is 5.91 Å². The number of rotatable bonds is 7. The molecule has 1 amide bonds. The monoisotopic (exact) mass is 384 g/mol. The van der Waals surface area contributed by atoms with Crippen LogP contribution < -0.4 is 0 Å². The van der Waals surface area contributed by atoms with Gasteiger partial charge in [-0.05, 0) is 24.6 Å². The van der Waals surface area contributed by atoms with E-state index in [2.05, 4.69) is 10.00 Å². The number of hydrogen-bond acceptors (Lipinski definition) is 5. The van der Waals surface area contributed by atoms with E-state index in [1.807, 2.05) is 46.0 Å². The number of amides is 1. The van der Waals surface area contributed by atoms with Crippen LogP contribution in [0.2, 0.25) is 0 Å². The lowest BCUT2D eigenvalue weighted by atomic mass is 10.1. The number of aromatic nitrogens is 2. The van der Waals surface area contributed by atoms with Gasteiger partial charge in [0.2, 0.25) is 5.91 Å². The van der Waals surface area contributed by atoms with Gasteiger partial charge in [0.25, 0.3) is 0 Å². The molecule has 3 heterocycles. The number of hydrogen-bond donors (Lipinski definition) is 0. The van der Waals surface area contributed by atoms with E-state index < -0.39 is 0 Å². The first kappa shape index (κ1) is 19.1. The molecule has 0 spiro atoms. The molecule has 0 saturated carbocycles. The van der Waals surface area contributed by atoms with E-state index in [9.17, 15) is 4.79 Å². The van der Waals surface area contributed by atoms with Crippen molar-refractivity contribution in [1.29, 1.82) is 0 Å². The van der Waals surface area contributed by atoms with E-state index in [0.717, 1.165) is 50.7 Å². The Morgan fingerprint density at radius 3 is 2.68 bits per heavy atom. The molecule has 2 saturated heterocycles. The Balaban J connectivity index is 1.48. The van der Waals surface area contributed by atoms with Crippen LogP contribution in [-0.2, 0) is 20.8 Å². The fraction of sp³-hybridized carbons (Fsp3) is 0.524. The van der Waals surface area contributed by atoms with Gasteiger partial charge in [-0.2, -0.15) is 5.10 Å². The van der Waals surface area contributed by atoms with Gasteiger partial charge in [0, 0.05) is 39.0 Å². The first-order chi connectivity index (χ1) is 13.8. The number of carbonyl (C=O) groups is 1. The van der Waals surface area contributed by atoms with E-state index in [1.54, 1.807) is 6.20 Å². The molecule has 2 fully saturated rings. The zero-order valence-electron chi connectivity index (χ0n) is 16.2. The van der Waals surface area contributed by atoms with Gasteiger partial charge in [0.15, 0.2) is 0 Å². The third-order valence-electron chi connectivity index (χ3n) is 5.46. The SMILES string of the molecule is O=C(C1CCOC1)N(CCN1CCOCC1)Cc1ccnn1-c1ccccc1. The van der Waals surface area contributed by atoms with E-state index in [-0.39, 0.29) is 11.8 Å². The molecule has 1 aromatic heterocycles. The first-order valence-electron chi connectivity index (χ1n) is 10.1. The second kappa shape index (κ2) is 9.32. The summed E-state index contributed by atoms with van der Waals surface area (Å²) in [6, 6.07) is 12.0. The first-order valence-corrected chi connectivity index (χ1v) is 10.1. The van der Waals surface area contributed by atoms with Crippen molar-refractivity contribution in [3.63, 3.8) is 0 Å². The number of para-hydroxylation sites is 1. The van der Waals surface area contributed by atoms with Crippen LogP contribution in [-0.4, -0.2) is 78.1 Å². The maximum atomic E-state index is 13.2. The summed E-state index contributed by atoms with van der Waals surface area (Å²) in [4.78, 5) is 17.5.